The minimum atomic E-state index is -3.53. The molecule has 0 bridgehead atoms. The summed E-state index contributed by atoms with van der Waals surface area (Å²) in [4.78, 5) is 15.2. The van der Waals surface area contributed by atoms with Gasteiger partial charge in [-0.1, -0.05) is 31.5 Å². The number of rotatable bonds is 9. The van der Waals surface area contributed by atoms with E-state index in [1.54, 1.807) is 37.3 Å². The summed E-state index contributed by atoms with van der Waals surface area (Å²) in [5, 5.41) is 2.88. The Morgan fingerprint density at radius 2 is 2.00 bits per heavy atom. The van der Waals surface area contributed by atoms with Crippen LogP contribution in [-0.2, 0) is 15.6 Å². The number of hydrogen-bond acceptors (Lipinski definition) is 5. The van der Waals surface area contributed by atoms with E-state index in [9.17, 15) is 13.2 Å². The Balaban J connectivity index is 1.49. The molecule has 1 N–H and O–H groups in total. The van der Waals surface area contributed by atoms with Crippen molar-refractivity contribution in [1.29, 1.82) is 0 Å². The highest BCUT2D eigenvalue weighted by Crippen LogP contribution is 2.21. The van der Waals surface area contributed by atoms with E-state index in [-0.39, 0.29) is 28.1 Å². The number of carbonyl (C=O) groups excluding carboxylic acids is 1. The lowest BCUT2D eigenvalue weighted by atomic mass is 10.00. The molecule has 0 unspecified atom stereocenters. The monoisotopic (exact) mass is 432 g/mol. The molecule has 7 heteroatoms. The Labute approximate surface area is 179 Å². The molecule has 164 valence electrons. The van der Waals surface area contributed by atoms with Crippen molar-refractivity contribution in [3.63, 3.8) is 0 Å². The van der Waals surface area contributed by atoms with E-state index in [2.05, 4.69) is 17.1 Å². The molecule has 30 heavy (non-hydrogen) atoms. The van der Waals surface area contributed by atoms with Gasteiger partial charge in [-0.2, -0.15) is 0 Å². The molecule has 0 radical (unpaired) electrons. The Bertz CT molecular complexity index is 952. The highest BCUT2D eigenvalue weighted by Gasteiger charge is 2.22. The lowest BCUT2D eigenvalue weighted by Gasteiger charge is -2.35. The zero-order valence-electron chi connectivity index (χ0n) is 17.9. The minimum Gasteiger partial charge on any atom is -0.455 e. The van der Waals surface area contributed by atoms with E-state index in [1.165, 1.54) is 31.7 Å². The van der Waals surface area contributed by atoms with Crippen LogP contribution in [0.4, 0.5) is 0 Å². The van der Waals surface area contributed by atoms with Gasteiger partial charge in [0, 0.05) is 19.1 Å². The Morgan fingerprint density at radius 1 is 1.20 bits per heavy atom. The van der Waals surface area contributed by atoms with Crippen molar-refractivity contribution in [1.82, 2.24) is 10.2 Å². The van der Waals surface area contributed by atoms with Gasteiger partial charge in [0.05, 0.1) is 4.90 Å². The zero-order valence-corrected chi connectivity index (χ0v) is 18.7. The first-order valence-electron chi connectivity index (χ1n) is 10.8. The SMILES string of the molecule is CC[C@@H]1CCCCN1CCCNC(=O)c1ccc(CS(=O)(=O)c2ccccc2C)o1. The van der Waals surface area contributed by atoms with Crippen LogP contribution in [0.3, 0.4) is 0 Å². The maximum absolute atomic E-state index is 12.6. The summed E-state index contributed by atoms with van der Waals surface area (Å²) in [6, 6.07) is 10.6. The molecule has 0 saturated carbocycles. The highest BCUT2D eigenvalue weighted by molar-refractivity contribution is 7.90. The molecule has 3 rings (SSSR count). The summed E-state index contributed by atoms with van der Waals surface area (Å²) in [5.41, 5.74) is 0.695. The third-order valence-electron chi connectivity index (χ3n) is 5.77. The first kappa shape index (κ1) is 22.6. The fraction of sp³-hybridized carbons (Fsp3) is 0.522. The van der Waals surface area contributed by atoms with Gasteiger partial charge in [0.1, 0.15) is 11.5 Å². The van der Waals surface area contributed by atoms with Gasteiger partial charge >= 0.3 is 0 Å². The lowest BCUT2D eigenvalue weighted by molar-refractivity contribution is 0.0918. The van der Waals surface area contributed by atoms with Gasteiger partial charge in [-0.25, -0.2) is 8.42 Å². The minimum absolute atomic E-state index is 0.148. The Morgan fingerprint density at radius 3 is 2.77 bits per heavy atom. The van der Waals surface area contributed by atoms with Gasteiger partial charge in [-0.3, -0.25) is 4.79 Å². The van der Waals surface area contributed by atoms with Crippen molar-refractivity contribution in [2.45, 2.75) is 62.6 Å². The predicted molar refractivity (Wildman–Crippen MR) is 117 cm³/mol. The van der Waals surface area contributed by atoms with Crippen molar-refractivity contribution in [3.8, 4) is 0 Å². The van der Waals surface area contributed by atoms with Crippen LogP contribution in [0.5, 0.6) is 0 Å². The number of furan rings is 1. The summed E-state index contributed by atoms with van der Waals surface area (Å²) < 4.78 is 30.8. The topological polar surface area (TPSA) is 79.6 Å². The van der Waals surface area contributed by atoms with Gasteiger partial charge in [-0.05, 0) is 62.9 Å². The maximum atomic E-state index is 12.6. The van der Waals surface area contributed by atoms with Crippen molar-refractivity contribution in [2.75, 3.05) is 19.6 Å². The van der Waals surface area contributed by atoms with E-state index in [0.29, 0.717) is 18.2 Å². The van der Waals surface area contributed by atoms with Gasteiger partial charge in [0.2, 0.25) is 0 Å². The molecule has 1 saturated heterocycles. The fourth-order valence-corrected chi connectivity index (χ4v) is 5.67. The molecular weight excluding hydrogens is 400 g/mol. The van der Waals surface area contributed by atoms with Crippen LogP contribution in [-0.4, -0.2) is 44.9 Å². The number of benzene rings is 1. The number of sulfone groups is 1. The first-order valence-corrected chi connectivity index (χ1v) is 12.5. The van der Waals surface area contributed by atoms with Gasteiger partial charge in [0.25, 0.3) is 5.91 Å². The fourth-order valence-electron chi connectivity index (χ4n) is 4.14. The van der Waals surface area contributed by atoms with Gasteiger partial charge in [-0.15, -0.1) is 0 Å². The van der Waals surface area contributed by atoms with Crippen LogP contribution in [0.2, 0.25) is 0 Å². The molecule has 2 aromatic rings. The second-order valence-corrected chi connectivity index (χ2v) is 9.95. The largest absolute Gasteiger partial charge is 0.455 e. The van der Waals surface area contributed by atoms with E-state index in [0.717, 1.165) is 19.5 Å². The van der Waals surface area contributed by atoms with Crippen molar-refractivity contribution in [2.24, 2.45) is 0 Å². The molecule has 1 aliphatic rings. The van der Waals surface area contributed by atoms with Gasteiger partial charge < -0.3 is 14.6 Å². The molecule has 1 amide bonds. The average molecular weight is 433 g/mol. The number of hydrogen-bond donors (Lipinski definition) is 1. The molecule has 6 nitrogen and oxygen atoms in total. The predicted octanol–water partition coefficient (Wildman–Crippen LogP) is 3.95. The quantitative estimate of drug-likeness (QED) is 0.607. The smallest absolute Gasteiger partial charge is 0.286 e. The summed E-state index contributed by atoms with van der Waals surface area (Å²) in [6.07, 6.45) is 5.89. The van der Waals surface area contributed by atoms with Gasteiger partial charge in [0.15, 0.2) is 15.6 Å². The number of likely N-dealkylation sites (tertiary alicyclic amines) is 1. The number of nitrogens with one attached hydrogen (secondary N) is 1. The second-order valence-electron chi connectivity index (χ2n) is 7.99. The maximum Gasteiger partial charge on any atom is 0.286 e. The van der Waals surface area contributed by atoms with Crippen LogP contribution in [0.25, 0.3) is 0 Å². The third kappa shape index (κ3) is 5.73. The van der Waals surface area contributed by atoms with E-state index >= 15 is 0 Å². The average Bonchev–Trinajstić information content (AvgIpc) is 3.19. The normalized spacial score (nSPS) is 17.7. The van der Waals surface area contributed by atoms with Crippen LogP contribution < -0.4 is 5.32 Å². The summed E-state index contributed by atoms with van der Waals surface area (Å²) in [7, 11) is -3.53. The Hall–Kier alpha value is -2.12. The number of aryl methyl sites for hydroxylation is 1. The van der Waals surface area contributed by atoms with E-state index in [1.807, 2.05) is 0 Å². The van der Waals surface area contributed by atoms with Crippen LogP contribution in [0.1, 0.15) is 60.9 Å². The third-order valence-corrected chi connectivity index (χ3v) is 7.57. The lowest BCUT2D eigenvalue weighted by Crippen LogP contribution is -2.40. The number of carbonyl (C=O) groups is 1. The molecule has 0 aliphatic carbocycles. The first-order chi connectivity index (χ1) is 14.4. The zero-order chi connectivity index (χ0) is 21.6. The highest BCUT2D eigenvalue weighted by atomic mass is 32.2. The molecule has 1 aromatic heterocycles. The van der Waals surface area contributed by atoms with E-state index < -0.39 is 9.84 Å². The van der Waals surface area contributed by atoms with E-state index in [4.69, 9.17) is 4.42 Å². The van der Waals surface area contributed by atoms with Crippen LogP contribution in [0, 0.1) is 6.92 Å². The summed E-state index contributed by atoms with van der Waals surface area (Å²) in [5.74, 6) is -0.157. The summed E-state index contributed by atoms with van der Waals surface area (Å²) >= 11 is 0. The summed E-state index contributed by atoms with van der Waals surface area (Å²) in [6.45, 7) is 6.70. The van der Waals surface area contributed by atoms with Crippen molar-refractivity contribution in [3.05, 3.63) is 53.5 Å². The van der Waals surface area contributed by atoms with Crippen molar-refractivity contribution < 1.29 is 17.6 Å². The molecular formula is C23H32N2O4S. The molecule has 1 aromatic carbocycles. The Kier molecular flexibility index (Phi) is 7.72. The number of amides is 1. The number of nitrogens with zero attached hydrogens (tertiary/aromatic N) is 1. The molecule has 1 fully saturated rings. The molecule has 1 aliphatic heterocycles. The molecule has 0 spiro atoms. The van der Waals surface area contributed by atoms with Crippen LogP contribution in [0.15, 0.2) is 45.7 Å². The molecule has 1 atom stereocenters. The number of piperidine rings is 1. The standard InChI is InChI=1S/C23H32N2O4S/c1-3-19-10-6-7-15-25(19)16-8-14-24-23(26)21-13-12-20(29-21)17-30(27,28)22-11-5-4-9-18(22)2/h4-5,9,11-13,19H,3,6-8,10,14-17H2,1-2H3,(H,24,26)/t19-/m1/s1. The second kappa shape index (κ2) is 10.3. The van der Waals surface area contributed by atoms with Crippen molar-refractivity contribution >= 4 is 15.7 Å². The molecule has 2 heterocycles. The van der Waals surface area contributed by atoms with Crippen LogP contribution >= 0.6 is 0 Å².